The monoisotopic (exact) mass is 947 g/mol. The smallest absolute Gasteiger partial charge is 0.203 e. The molecule has 2 aromatic heterocycles. The third kappa shape index (κ3) is 8.22. The molecule has 0 bridgehead atoms. The number of rotatable bonds is 8. The van der Waals surface area contributed by atoms with Gasteiger partial charge in [0.25, 0.3) is 0 Å². The Kier molecular flexibility index (Phi) is 13.0. The van der Waals surface area contributed by atoms with Crippen LogP contribution in [-0.4, -0.2) is 21.0 Å². The van der Waals surface area contributed by atoms with Crippen LogP contribution in [0.25, 0.3) is 53.0 Å². The second-order valence-electron chi connectivity index (χ2n) is 18.0. The Bertz CT molecular complexity index is 2420. The van der Waals surface area contributed by atoms with E-state index < -0.39 is 5.76 Å². The van der Waals surface area contributed by atoms with Crippen molar-refractivity contribution in [2.24, 2.45) is 11.8 Å². The molecule has 1 aliphatic carbocycles. The van der Waals surface area contributed by atoms with Gasteiger partial charge in [0.2, 0.25) is 5.78 Å². The second kappa shape index (κ2) is 16.7. The minimum atomic E-state index is -0.428. The van der Waals surface area contributed by atoms with Crippen LogP contribution in [0.15, 0.2) is 78.4 Å². The average molecular weight is 947 g/mol. The number of aromatic nitrogens is 1. The Hall–Kier alpha value is -3.57. The van der Waals surface area contributed by atoms with Crippen molar-refractivity contribution in [3.63, 3.8) is 0 Å². The number of allylic oxidation sites excluding steroid dienone is 2. The molecule has 0 fully saturated rings. The summed E-state index contributed by atoms with van der Waals surface area (Å²) in [7, 11) is 0. The summed E-state index contributed by atoms with van der Waals surface area (Å²) in [5, 5.41) is 27.2. The average Bonchev–Trinajstić information content (AvgIpc) is 3.54. The molecule has 6 heteroatoms. The fourth-order valence-electron chi connectivity index (χ4n) is 8.49. The van der Waals surface area contributed by atoms with Crippen LogP contribution in [0.5, 0.6) is 0 Å². The molecule has 2 heterocycles. The molecule has 1 aliphatic rings. The van der Waals surface area contributed by atoms with Gasteiger partial charge in [-0.2, -0.15) is 0 Å². The van der Waals surface area contributed by atoms with E-state index in [2.05, 4.69) is 115 Å². The summed E-state index contributed by atoms with van der Waals surface area (Å²) in [5.41, 5.74) is 6.90. The number of carbonyl (C=O) groups is 1. The molecule has 2 N–H and O–H groups in total. The van der Waals surface area contributed by atoms with Crippen LogP contribution in [-0.2, 0) is 41.1 Å². The zero-order valence-electron chi connectivity index (χ0n) is 35.2. The molecule has 56 heavy (non-hydrogen) atoms. The number of aliphatic hydroxyl groups excluding tert-OH is 2. The van der Waals surface area contributed by atoms with Gasteiger partial charge in [-0.1, -0.05) is 124 Å². The van der Waals surface area contributed by atoms with Crippen LogP contribution < -0.4 is 0 Å². The Balaban J connectivity index is 0.000000302. The summed E-state index contributed by atoms with van der Waals surface area (Å²) < 4.78 is 2.76. The number of Topliss-reactive ketones (excluding diaryl/α,β-unsaturated/α-hetero) is 1. The zero-order valence-corrected chi connectivity index (χ0v) is 38.5. The SMILES string of the molecule is CC(C)(C)c1cc(-c2cc3c(ccc4c5cc6c(cc5sc34)C(C)(C)CCC6(C)C)cn2)[c-]c2ccccc12.CCC(CC)C(=O)/C(O)=C(\O)C(CC)CC.[Ir]. The van der Waals surface area contributed by atoms with Crippen LogP contribution in [0, 0.1) is 17.9 Å². The number of nitrogens with zero attached hydrogens (tertiary/aromatic N) is 1. The van der Waals surface area contributed by atoms with E-state index in [4.69, 9.17) is 4.98 Å². The fourth-order valence-corrected chi connectivity index (χ4v) is 9.74. The van der Waals surface area contributed by atoms with Gasteiger partial charge in [-0.3, -0.25) is 9.78 Å². The van der Waals surface area contributed by atoms with Gasteiger partial charge < -0.3 is 10.2 Å². The Morgan fingerprint density at radius 3 is 2.00 bits per heavy atom. The van der Waals surface area contributed by atoms with E-state index in [-0.39, 0.29) is 59.7 Å². The van der Waals surface area contributed by atoms with Crippen LogP contribution >= 0.6 is 11.3 Å². The van der Waals surface area contributed by atoms with E-state index >= 15 is 0 Å². The first-order chi connectivity index (χ1) is 25.9. The summed E-state index contributed by atoms with van der Waals surface area (Å²) in [6, 6.07) is 26.5. The quantitative estimate of drug-likeness (QED) is 0.0906. The number of fused-ring (bicyclic) bond motifs is 7. The number of thiophene rings is 1. The molecule has 0 unspecified atom stereocenters. The van der Waals surface area contributed by atoms with Crippen molar-refractivity contribution in [1.82, 2.24) is 4.98 Å². The predicted octanol–water partition coefficient (Wildman–Crippen LogP) is 14.6. The number of ketones is 1. The van der Waals surface area contributed by atoms with Crippen LogP contribution in [0.2, 0.25) is 0 Å². The van der Waals surface area contributed by atoms with Crippen molar-refractivity contribution < 1.29 is 35.1 Å². The minimum absolute atomic E-state index is 0. The molecule has 4 aromatic carbocycles. The van der Waals surface area contributed by atoms with Crippen LogP contribution in [0.1, 0.15) is 131 Å². The van der Waals surface area contributed by atoms with Gasteiger partial charge in [-0.05, 0) is 83.4 Å². The number of hydrogen-bond donors (Lipinski definition) is 2. The molecule has 0 amide bonds. The number of hydrogen-bond acceptors (Lipinski definition) is 5. The first kappa shape index (κ1) is 43.5. The number of pyridine rings is 1. The molecule has 299 valence electrons. The van der Waals surface area contributed by atoms with Crippen LogP contribution in [0.4, 0.5) is 0 Å². The number of carbonyl (C=O) groups excluding carboxylic acids is 1. The van der Waals surface area contributed by atoms with Gasteiger partial charge in [0, 0.05) is 69.4 Å². The van der Waals surface area contributed by atoms with Crippen molar-refractivity contribution >= 4 is 58.8 Å². The van der Waals surface area contributed by atoms with Gasteiger partial charge in [-0.25, -0.2) is 0 Å². The third-order valence-electron chi connectivity index (χ3n) is 12.4. The Labute approximate surface area is 352 Å². The zero-order chi connectivity index (χ0) is 40.0. The van der Waals surface area contributed by atoms with E-state index in [1.165, 1.54) is 65.9 Å². The normalized spacial score (nSPS) is 15.4. The van der Waals surface area contributed by atoms with Gasteiger partial charge in [0.1, 0.15) is 5.76 Å². The Morgan fingerprint density at radius 1 is 0.786 bits per heavy atom. The summed E-state index contributed by atoms with van der Waals surface area (Å²) in [5.74, 6) is -1.19. The van der Waals surface area contributed by atoms with Crippen molar-refractivity contribution in [2.45, 2.75) is 131 Å². The fraction of sp³-hybridized carbons (Fsp3) is 0.440. The van der Waals surface area contributed by atoms with E-state index in [1.807, 2.05) is 45.2 Å². The molecule has 6 aromatic rings. The largest absolute Gasteiger partial charge is 0.508 e. The van der Waals surface area contributed by atoms with Crippen molar-refractivity contribution in [1.29, 1.82) is 0 Å². The number of benzene rings is 4. The van der Waals surface area contributed by atoms with E-state index in [0.29, 0.717) is 12.8 Å². The molecule has 0 saturated carbocycles. The van der Waals surface area contributed by atoms with Crippen molar-refractivity contribution in [3.05, 3.63) is 101 Å². The van der Waals surface area contributed by atoms with Gasteiger partial charge >= 0.3 is 0 Å². The third-order valence-corrected chi connectivity index (χ3v) is 13.6. The van der Waals surface area contributed by atoms with Crippen molar-refractivity contribution in [3.8, 4) is 11.3 Å². The molecular weight excluding hydrogens is 887 g/mol. The summed E-state index contributed by atoms with van der Waals surface area (Å²) in [4.78, 5) is 16.8. The molecule has 0 saturated heterocycles. The topological polar surface area (TPSA) is 70.4 Å². The molecule has 7 rings (SSSR count). The van der Waals surface area contributed by atoms with Crippen LogP contribution in [0.3, 0.4) is 0 Å². The first-order valence-corrected chi connectivity index (χ1v) is 21.2. The summed E-state index contributed by atoms with van der Waals surface area (Å²) in [6.45, 7) is 24.2. The summed E-state index contributed by atoms with van der Waals surface area (Å²) >= 11 is 1.94. The first-order valence-electron chi connectivity index (χ1n) is 20.4. The minimum Gasteiger partial charge on any atom is -0.508 e. The maximum Gasteiger partial charge on any atom is 0.203 e. The van der Waals surface area contributed by atoms with Gasteiger partial charge in [0.05, 0.1) is 0 Å². The maximum atomic E-state index is 11.8. The molecule has 0 spiro atoms. The molecule has 1 radical (unpaired) electrons. The molecular formula is C50H60IrNO3S-. The van der Waals surface area contributed by atoms with E-state index in [9.17, 15) is 15.0 Å². The Morgan fingerprint density at radius 2 is 1.39 bits per heavy atom. The summed E-state index contributed by atoms with van der Waals surface area (Å²) in [6.07, 6.45) is 7.35. The standard InChI is InChI=1S/C37H36NS.C13H24O3.Ir/c1-35(2,3)29-17-24(16-22-10-8-9-11-25(22)29)32-19-27-23(21-38-32)12-13-26-28-18-30-31(20-33(28)39-34(26)27)37(6,7)15-14-36(30,4)5;1-5-9(6-2)11(14)13(16)12(15)10(7-3)8-4;/h8-13,17-21H,14-15H2,1-7H3;9-10,14,16H,5-8H2,1-4H3;/q-1;;/b;13-11+;. The molecule has 0 aliphatic heterocycles. The van der Waals surface area contributed by atoms with Gasteiger partial charge in [0.15, 0.2) is 5.76 Å². The second-order valence-corrected chi connectivity index (χ2v) is 19.1. The number of aliphatic hydroxyl groups is 2. The van der Waals surface area contributed by atoms with Gasteiger partial charge in [-0.15, -0.1) is 40.5 Å². The van der Waals surface area contributed by atoms with Crippen molar-refractivity contribution in [2.75, 3.05) is 0 Å². The maximum absolute atomic E-state index is 11.8. The molecule has 0 atom stereocenters. The predicted molar refractivity (Wildman–Crippen MR) is 236 cm³/mol. The van der Waals surface area contributed by atoms with E-state index in [1.54, 1.807) is 0 Å². The molecule has 4 nitrogen and oxygen atoms in total. The van der Waals surface area contributed by atoms with E-state index in [0.717, 1.165) is 29.5 Å².